The molecule has 0 N–H and O–H groups in total. The van der Waals surface area contributed by atoms with E-state index in [2.05, 4.69) is 37.3 Å². The number of amides is 1. The van der Waals surface area contributed by atoms with Gasteiger partial charge in [0.15, 0.2) is 6.29 Å². The lowest BCUT2D eigenvalue weighted by atomic mass is 9.97. The van der Waals surface area contributed by atoms with E-state index in [9.17, 15) is 14.4 Å². The molecule has 9 nitrogen and oxygen atoms in total. The lowest BCUT2D eigenvalue weighted by molar-refractivity contribution is -0.126. The quantitative estimate of drug-likeness (QED) is 0.154. The van der Waals surface area contributed by atoms with Crippen molar-refractivity contribution in [3.8, 4) is 11.3 Å². The molecule has 43 heavy (non-hydrogen) atoms. The summed E-state index contributed by atoms with van der Waals surface area (Å²) in [5, 5.41) is 0.946. The number of carbonyl (C=O) groups excluding carboxylic acids is 2. The number of benzene rings is 1. The number of anilines is 1. The standard InChI is InChI=1S/C33H35ClN6O3/c1-6-22-12-13-35-29(20(3)4)26(22)18-40-31-25(16-27(34)30(36-31)24-11-9-8-10-23(24)19-41)32(37-33(40)43)39-15-14-38(17-21(39)5)28(42)7-2/h7-13,16,19-21H,2,6,14-15,17-18H2,1,3-5H3/t21-/m0/s1/i42+2. The third-order valence-corrected chi connectivity index (χ3v) is 8.33. The predicted molar refractivity (Wildman–Crippen MR) is 170 cm³/mol. The van der Waals surface area contributed by atoms with E-state index >= 15 is 0 Å². The van der Waals surface area contributed by atoms with E-state index in [4.69, 9.17) is 16.6 Å². The summed E-state index contributed by atoms with van der Waals surface area (Å²) in [6, 6.07) is 10.7. The van der Waals surface area contributed by atoms with Gasteiger partial charge in [-0.15, -0.1) is 0 Å². The van der Waals surface area contributed by atoms with Gasteiger partial charge in [0.1, 0.15) is 11.5 Å². The number of aromatic nitrogens is 4. The summed E-state index contributed by atoms with van der Waals surface area (Å²) in [5.74, 6) is 0.473. The van der Waals surface area contributed by atoms with Crippen LogP contribution in [0.2, 0.25) is 5.02 Å². The Labute approximate surface area is 255 Å². The van der Waals surface area contributed by atoms with Gasteiger partial charge in [0.2, 0.25) is 5.91 Å². The zero-order valence-electron chi connectivity index (χ0n) is 24.9. The third-order valence-electron chi connectivity index (χ3n) is 8.04. The molecule has 0 unspecified atom stereocenters. The predicted octanol–water partition coefficient (Wildman–Crippen LogP) is 5.28. The highest BCUT2D eigenvalue weighted by Crippen LogP contribution is 2.35. The van der Waals surface area contributed by atoms with Crippen LogP contribution >= 0.6 is 11.6 Å². The largest absolute Gasteiger partial charge is 0.351 e. The van der Waals surface area contributed by atoms with Gasteiger partial charge in [0, 0.05) is 48.7 Å². The number of carbonyl (C=O) groups is 2. The van der Waals surface area contributed by atoms with Crippen molar-refractivity contribution < 1.29 is 9.59 Å². The van der Waals surface area contributed by atoms with Gasteiger partial charge in [-0.25, -0.2) is 9.78 Å². The third kappa shape index (κ3) is 5.69. The maximum Gasteiger partial charge on any atom is 0.351 e. The number of aldehydes is 1. The molecule has 0 saturated carbocycles. The Kier molecular flexibility index (Phi) is 8.73. The van der Waals surface area contributed by atoms with Crippen LogP contribution < -0.4 is 10.6 Å². The van der Waals surface area contributed by atoms with Crippen LogP contribution in [0, 0.1) is 0 Å². The van der Waals surface area contributed by atoms with Gasteiger partial charge in [-0.3, -0.25) is 19.1 Å². The number of rotatable bonds is 8. The molecule has 4 aromatic rings. The first-order valence-electron chi connectivity index (χ1n) is 14.5. The lowest BCUT2D eigenvalue weighted by Gasteiger charge is -2.40. The SMILES string of the molecule is C=CC(=[18O])N1CCN(c2nc(=O)n(Cc3c(CC)ccnc3C(C)C)c3nc(-c4ccccc4C=O)c(Cl)cc23)[C@@H](C)C1. The van der Waals surface area contributed by atoms with Crippen LogP contribution in [-0.4, -0.2) is 62.3 Å². The molecule has 222 valence electrons. The van der Waals surface area contributed by atoms with Gasteiger partial charge < -0.3 is 9.80 Å². The average molecular weight is 601 g/mol. The summed E-state index contributed by atoms with van der Waals surface area (Å²) in [5.41, 5.74) is 4.36. The molecule has 10 heteroatoms. The number of hydrogen-bond donors (Lipinski definition) is 0. The van der Waals surface area contributed by atoms with E-state index in [0.29, 0.717) is 58.3 Å². The molecular weight excluding hydrogens is 566 g/mol. The summed E-state index contributed by atoms with van der Waals surface area (Å²) < 4.78 is 1.58. The molecular formula is C33H35ClN6O3. The molecule has 1 saturated heterocycles. The summed E-state index contributed by atoms with van der Waals surface area (Å²) in [6.07, 6.45) is 4.67. The van der Waals surface area contributed by atoms with Gasteiger partial charge in [0.25, 0.3) is 0 Å². The highest BCUT2D eigenvalue weighted by Gasteiger charge is 2.30. The van der Waals surface area contributed by atoms with Gasteiger partial charge >= 0.3 is 5.69 Å². The Bertz CT molecular complexity index is 1780. The molecule has 1 fully saturated rings. The monoisotopic (exact) mass is 600 g/mol. The molecule has 5 rings (SSSR count). The zero-order valence-corrected chi connectivity index (χ0v) is 25.6. The normalized spacial score (nSPS) is 15.3. The molecule has 0 radical (unpaired) electrons. The van der Waals surface area contributed by atoms with E-state index in [1.165, 1.54) is 6.08 Å². The van der Waals surface area contributed by atoms with Crippen LogP contribution in [0.5, 0.6) is 0 Å². The lowest BCUT2D eigenvalue weighted by Crippen LogP contribution is -2.54. The second kappa shape index (κ2) is 12.5. The summed E-state index contributed by atoms with van der Waals surface area (Å²) in [7, 11) is 0. The highest BCUT2D eigenvalue weighted by atomic mass is 35.5. The zero-order chi connectivity index (χ0) is 30.8. The fraction of sp³-hybridized carbons (Fsp3) is 0.333. The average Bonchev–Trinajstić information content (AvgIpc) is 3.01. The van der Waals surface area contributed by atoms with Crippen LogP contribution in [0.15, 0.2) is 60.0 Å². The smallest absolute Gasteiger partial charge is 0.350 e. The number of fused-ring (bicyclic) bond motifs is 1. The number of hydrogen-bond acceptors (Lipinski definition) is 7. The first-order chi connectivity index (χ1) is 20.7. The minimum absolute atomic E-state index is 0.129. The van der Waals surface area contributed by atoms with Crippen molar-refractivity contribution in [3.05, 3.63) is 93.1 Å². The summed E-state index contributed by atoms with van der Waals surface area (Å²) >= 11 is 6.88. The second-order valence-corrected chi connectivity index (χ2v) is 11.5. The van der Waals surface area contributed by atoms with Gasteiger partial charge in [0.05, 0.1) is 22.6 Å². The summed E-state index contributed by atoms with van der Waals surface area (Å²) in [4.78, 5) is 56.2. The Balaban J connectivity index is 1.75. The number of halogens is 1. The molecule has 0 spiro atoms. The van der Waals surface area contributed by atoms with Crippen LogP contribution in [-0.2, 0) is 17.8 Å². The fourth-order valence-corrected chi connectivity index (χ4v) is 6.09. The number of aryl methyl sites for hydroxylation is 1. The Hall–Kier alpha value is -4.37. The van der Waals surface area contributed by atoms with Crippen LogP contribution in [0.1, 0.15) is 60.8 Å². The molecule has 3 aromatic heterocycles. The molecule has 1 aliphatic rings. The van der Waals surface area contributed by atoms with E-state index in [1.807, 2.05) is 30.2 Å². The van der Waals surface area contributed by atoms with E-state index in [1.54, 1.807) is 33.7 Å². The van der Waals surface area contributed by atoms with Gasteiger partial charge in [-0.2, -0.15) is 4.98 Å². The molecule has 1 aromatic carbocycles. The van der Waals surface area contributed by atoms with Crippen molar-refractivity contribution in [1.82, 2.24) is 24.4 Å². The van der Waals surface area contributed by atoms with Crippen LogP contribution in [0.25, 0.3) is 22.3 Å². The first-order valence-corrected chi connectivity index (χ1v) is 14.9. The Morgan fingerprint density at radius 3 is 2.65 bits per heavy atom. The maximum atomic E-state index is 14.0. The molecule has 1 amide bonds. The Morgan fingerprint density at radius 2 is 1.98 bits per heavy atom. The van der Waals surface area contributed by atoms with Crippen molar-refractivity contribution in [2.45, 2.75) is 52.6 Å². The second-order valence-electron chi connectivity index (χ2n) is 11.1. The topological polar surface area (TPSA) is 101 Å². The fourth-order valence-electron chi connectivity index (χ4n) is 5.84. The minimum atomic E-state index is -0.454. The van der Waals surface area contributed by atoms with Crippen LogP contribution in [0.4, 0.5) is 5.82 Å². The van der Waals surface area contributed by atoms with Crippen molar-refractivity contribution in [2.75, 3.05) is 24.5 Å². The van der Waals surface area contributed by atoms with Gasteiger partial charge in [-0.1, -0.05) is 63.2 Å². The molecule has 4 heterocycles. The van der Waals surface area contributed by atoms with E-state index in [-0.39, 0.29) is 24.4 Å². The van der Waals surface area contributed by atoms with E-state index in [0.717, 1.165) is 29.5 Å². The highest BCUT2D eigenvalue weighted by molar-refractivity contribution is 6.34. The van der Waals surface area contributed by atoms with Crippen molar-refractivity contribution >= 4 is 40.6 Å². The van der Waals surface area contributed by atoms with E-state index < -0.39 is 5.69 Å². The first kappa shape index (κ1) is 30.1. The number of piperazine rings is 1. The molecule has 0 aliphatic carbocycles. The van der Waals surface area contributed by atoms with Gasteiger partial charge in [-0.05, 0) is 48.6 Å². The molecule has 1 atom stereocenters. The van der Waals surface area contributed by atoms with Crippen LogP contribution in [0.3, 0.4) is 0 Å². The molecule has 0 bridgehead atoms. The number of nitrogens with zero attached hydrogens (tertiary/aromatic N) is 6. The van der Waals surface area contributed by atoms with Crippen molar-refractivity contribution in [3.63, 3.8) is 0 Å². The minimum Gasteiger partial charge on any atom is -0.350 e. The summed E-state index contributed by atoms with van der Waals surface area (Å²) in [6.45, 7) is 13.5. The number of pyridine rings is 2. The molecule has 1 aliphatic heterocycles. The maximum absolute atomic E-state index is 14.0. The Morgan fingerprint density at radius 1 is 1.21 bits per heavy atom. The van der Waals surface area contributed by atoms with Crippen molar-refractivity contribution in [1.29, 1.82) is 0 Å². The van der Waals surface area contributed by atoms with Crippen molar-refractivity contribution in [2.24, 2.45) is 0 Å².